The Bertz CT molecular complexity index is 467. The molecule has 0 aliphatic heterocycles. The summed E-state index contributed by atoms with van der Waals surface area (Å²) in [5.41, 5.74) is -0.221. The molecular formula is C14H16BrF2NO. The molecule has 1 fully saturated rings. The van der Waals surface area contributed by atoms with E-state index in [9.17, 15) is 13.6 Å². The van der Waals surface area contributed by atoms with Gasteiger partial charge in [0, 0.05) is 11.4 Å². The second kappa shape index (κ2) is 6.46. The fraction of sp³-hybridized carbons (Fsp3) is 0.500. The van der Waals surface area contributed by atoms with Crippen LogP contribution in [0.15, 0.2) is 18.2 Å². The number of carbonyl (C=O) groups is 1. The van der Waals surface area contributed by atoms with Gasteiger partial charge in [-0.05, 0) is 37.3 Å². The maximum atomic E-state index is 13.5. The van der Waals surface area contributed by atoms with Gasteiger partial charge in [0.1, 0.15) is 0 Å². The third-order valence-corrected chi connectivity index (χ3v) is 4.45. The minimum atomic E-state index is -1.08. The Morgan fingerprint density at radius 3 is 2.89 bits per heavy atom. The lowest BCUT2D eigenvalue weighted by atomic mass is 9.87. The Morgan fingerprint density at radius 2 is 2.16 bits per heavy atom. The number of benzene rings is 1. The van der Waals surface area contributed by atoms with Gasteiger partial charge in [-0.3, -0.25) is 4.79 Å². The minimum absolute atomic E-state index is 0.0477. The molecule has 0 heterocycles. The predicted molar refractivity (Wildman–Crippen MR) is 73.4 cm³/mol. The zero-order chi connectivity index (χ0) is 13.8. The topological polar surface area (TPSA) is 29.1 Å². The molecule has 0 spiro atoms. The summed E-state index contributed by atoms with van der Waals surface area (Å²) in [5.74, 6) is -2.06. The van der Waals surface area contributed by atoms with Crippen molar-refractivity contribution < 1.29 is 13.6 Å². The molecule has 1 amide bonds. The highest BCUT2D eigenvalue weighted by atomic mass is 79.9. The normalized spacial score (nSPS) is 23.1. The Hall–Kier alpha value is -0.970. The average Bonchev–Trinajstić information content (AvgIpc) is 2.42. The molecular weight excluding hydrogens is 316 g/mol. The first-order valence-electron chi connectivity index (χ1n) is 6.42. The van der Waals surface area contributed by atoms with Gasteiger partial charge in [-0.15, -0.1) is 0 Å². The first-order chi connectivity index (χ1) is 9.11. The van der Waals surface area contributed by atoms with Crippen LogP contribution in [0.4, 0.5) is 8.78 Å². The smallest absolute Gasteiger partial charge is 0.254 e. The number of carbonyl (C=O) groups excluding carboxylic acids is 1. The van der Waals surface area contributed by atoms with E-state index in [2.05, 4.69) is 21.2 Å². The molecule has 0 bridgehead atoms. The fourth-order valence-corrected chi connectivity index (χ4v) is 3.09. The van der Waals surface area contributed by atoms with E-state index >= 15 is 0 Å². The van der Waals surface area contributed by atoms with Crippen molar-refractivity contribution in [2.75, 3.05) is 5.33 Å². The first-order valence-corrected chi connectivity index (χ1v) is 7.54. The molecule has 2 nitrogen and oxygen atoms in total. The van der Waals surface area contributed by atoms with E-state index < -0.39 is 17.5 Å². The number of nitrogens with one attached hydrogen (secondary N) is 1. The lowest BCUT2D eigenvalue weighted by Gasteiger charge is -2.28. The third-order valence-electron chi connectivity index (χ3n) is 3.53. The van der Waals surface area contributed by atoms with E-state index in [4.69, 9.17) is 0 Å². The number of hydrogen-bond acceptors (Lipinski definition) is 1. The van der Waals surface area contributed by atoms with Crippen LogP contribution in [0.1, 0.15) is 36.0 Å². The monoisotopic (exact) mass is 331 g/mol. The van der Waals surface area contributed by atoms with E-state index in [1.165, 1.54) is 12.1 Å². The molecule has 5 heteroatoms. The van der Waals surface area contributed by atoms with Crippen molar-refractivity contribution in [2.24, 2.45) is 5.92 Å². The molecule has 1 N–H and O–H groups in total. The van der Waals surface area contributed by atoms with Gasteiger partial charge in [0.2, 0.25) is 0 Å². The highest BCUT2D eigenvalue weighted by Gasteiger charge is 2.24. The maximum Gasteiger partial charge on any atom is 0.254 e. The van der Waals surface area contributed by atoms with Crippen molar-refractivity contribution in [3.05, 3.63) is 35.4 Å². The molecule has 1 aliphatic carbocycles. The molecule has 104 valence electrons. The van der Waals surface area contributed by atoms with Crippen molar-refractivity contribution in [2.45, 2.75) is 31.7 Å². The molecule has 2 rings (SSSR count). The van der Waals surface area contributed by atoms with E-state index in [1.807, 2.05) is 0 Å². The van der Waals surface area contributed by atoms with Crippen LogP contribution in [0.5, 0.6) is 0 Å². The molecule has 0 radical (unpaired) electrons. The van der Waals surface area contributed by atoms with Gasteiger partial charge in [-0.2, -0.15) is 0 Å². The van der Waals surface area contributed by atoms with Crippen LogP contribution in [0.3, 0.4) is 0 Å². The van der Waals surface area contributed by atoms with Crippen molar-refractivity contribution >= 4 is 21.8 Å². The number of amides is 1. The van der Waals surface area contributed by atoms with Crippen LogP contribution in [-0.2, 0) is 0 Å². The van der Waals surface area contributed by atoms with Crippen molar-refractivity contribution in [3.8, 4) is 0 Å². The molecule has 0 saturated heterocycles. The predicted octanol–water partition coefficient (Wildman–Crippen LogP) is 3.65. The number of halogens is 3. The van der Waals surface area contributed by atoms with Gasteiger partial charge < -0.3 is 5.32 Å². The summed E-state index contributed by atoms with van der Waals surface area (Å²) in [6.07, 6.45) is 3.97. The lowest BCUT2D eigenvalue weighted by molar-refractivity contribution is 0.0916. The Labute approximate surface area is 119 Å². The van der Waals surface area contributed by atoms with Crippen LogP contribution in [-0.4, -0.2) is 17.3 Å². The van der Waals surface area contributed by atoms with E-state index in [0.29, 0.717) is 5.92 Å². The quantitative estimate of drug-likeness (QED) is 0.841. The van der Waals surface area contributed by atoms with Crippen molar-refractivity contribution in [3.63, 3.8) is 0 Å². The first kappa shape index (κ1) is 14.4. The van der Waals surface area contributed by atoms with Gasteiger partial charge in [-0.1, -0.05) is 28.4 Å². The summed E-state index contributed by atoms with van der Waals surface area (Å²) in [4.78, 5) is 12.0. The van der Waals surface area contributed by atoms with E-state index in [0.717, 1.165) is 37.1 Å². The molecule has 1 saturated carbocycles. The second-order valence-corrected chi connectivity index (χ2v) is 5.61. The Morgan fingerprint density at radius 1 is 1.37 bits per heavy atom. The van der Waals surface area contributed by atoms with Crippen molar-refractivity contribution in [1.82, 2.24) is 5.32 Å². The highest BCUT2D eigenvalue weighted by Crippen LogP contribution is 2.26. The molecule has 1 aromatic carbocycles. The SMILES string of the molecule is O=C(NC1CCCC(CBr)C1)c1cccc(F)c1F. The molecule has 1 aromatic rings. The van der Waals surface area contributed by atoms with Crippen LogP contribution >= 0.6 is 15.9 Å². The fourth-order valence-electron chi connectivity index (χ4n) is 2.50. The highest BCUT2D eigenvalue weighted by molar-refractivity contribution is 9.09. The summed E-state index contributed by atoms with van der Waals surface area (Å²) >= 11 is 3.45. The van der Waals surface area contributed by atoms with Crippen LogP contribution in [0.25, 0.3) is 0 Å². The van der Waals surface area contributed by atoms with Gasteiger partial charge in [-0.25, -0.2) is 8.78 Å². The van der Waals surface area contributed by atoms with E-state index in [1.54, 1.807) is 0 Å². The van der Waals surface area contributed by atoms with Crippen LogP contribution in [0.2, 0.25) is 0 Å². The number of rotatable bonds is 3. The molecule has 1 aliphatic rings. The summed E-state index contributed by atoms with van der Waals surface area (Å²) in [6.45, 7) is 0. The Balaban J connectivity index is 2.02. The van der Waals surface area contributed by atoms with Crippen LogP contribution < -0.4 is 5.32 Å². The molecule has 2 atom stereocenters. The second-order valence-electron chi connectivity index (χ2n) is 4.96. The zero-order valence-electron chi connectivity index (χ0n) is 10.5. The Kier molecular flexibility index (Phi) is 4.91. The average molecular weight is 332 g/mol. The van der Waals surface area contributed by atoms with Gasteiger partial charge in [0.15, 0.2) is 11.6 Å². The van der Waals surface area contributed by atoms with Gasteiger partial charge in [0.05, 0.1) is 5.56 Å². The molecule has 19 heavy (non-hydrogen) atoms. The van der Waals surface area contributed by atoms with Crippen molar-refractivity contribution in [1.29, 1.82) is 0 Å². The maximum absolute atomic E-state index is 13.5. The lowest BCUT2D eigenvalue weighted by Crippen LogP contribution is -2.39. The summed E-state index contributed by atoms with van der Waals surface area (Å²) in [5, 5.41) is 3.71. The zero-order valence-corrected chi connectivity index (χ0v) is 12.1. The third kappa shape index (κ3) is 3.53. The summed E-state index contributed by atoms with van der Waals surface area (Å²) < 4.78 is 26.6. The van der Waals surface area contributed by atoms with E-state index in [-0.39, 0.29) is 11.6 Å². The van der Waals surface area contributed by atoms with Gasteiger partial charge in [0.25, 0.3) is 5.91 Å². The molecule has 2 unspecified atom stereocenters. The minimum Gasteiger partial charge on any atom is -0.349 e. The standard InChI is InChI=1S/C14H16BrF2NO/c15-8-9-3-1-4-10(7-9)18-14(19)11-5-2-6-12(16)13(11)17/h2,5-6,9-10H,1,3-4,7-8H2,(H,18,19). The van der Waals surface area contributed by atoms with Crippen LogP contribution in [0, 0.1) is 17.6 Å². The summed E-state index contributed by atoms with van der Waals surface area (Å²) in [7, 11) is 0. The number of alkyl halides is 1. The number of hydrogen-bond donors (Lipinski definition) is 1. The molecule has 0 aromatic heterocycles. The summed E-state index contributed by atoms with van der Waals surface area (Å²) in [6, 6.07) is 3.70. The van der Waals surface area contributed by atoms with Gasteiger partial charge >= 0.3 is 0 Å². The largest absolute Gasteiger partial charge is 0.349 e.